The second-order valence-corrected chi connectivity index (χ2v) is 18.1. The summed E-state index contributed by atoms with van der Waals surface area (Å²) < 4.78 is 30.9. The number of Topliss-reactive ketones (excluding diaryl/α,β-unsaturated/α-hetero) is 1. The van der Waals surface area contributed by atoms with Crippen LogP contribution in [0.4, 0.5) is 0 Å². The van der Waals surface area contributed by atoms with Crippen LogP contribution in [0.1, 0.15) is 91.8 Å². The Bertz CT molecular complexity index is 2450. The van der Waals surface area contributed by atoms with Gasteiger partial charge in [-0.2, -0.15) is 0 Å². The molecule has 2 aliphatic heterocycles. The Morgan fingerprint density at radius 2 is 1.50 bits per heavy atom. The largest absolute Gasteiger partial charge is 0.456 e. The van der Waals surface area contributed by atoms with Gasteiger partial charge in [0.15, 0.2) is 23.6 Å². The van der Waals surface area contributed by atoms with Crippen LogP contribution in [0, 0.1) is 16.7 Å². The first-order valence-electron chi connectivity index (χ1n) is 21.3. The van der Waals surface area contributed by atoms with Gasteiger partial charge in [0.05, 0.1) is 42.1 Å². The van der Waals surface area contributed by atoms with Gasteiger partial charge in [0, 0.05) is 30.7 Å². The van der Waals surface area contributed by atoms with Crippen LogP contribution >= 0.6 is 0 Å². The third-order valence-electron chi connectivity index (χ3n) is 14.2. The van der Waals surface area contributed by atoms with Crippen molar-refractivity contribution in [2.75, 3.05) is 6.61 Å². The maximum absolute atomic E-state index is 15.6. The molecule has 336 valence electrons. The summed E-state index contributed by atoms with van der Waals surface area (Å²) in [4.78, 5) is 85.6. The van der Waals surface area contributed by atoms with E-state index in [1.165, 1.54) is 32.1 Å². The molecule has 4 bridgehead atoms. The summed E-state index contributed by atoms with van der Waals surface area (Å²) >= 11 is 0. The van der Waals surface area contributed by atoms with E-state index in [0.29, 0.717) is 5.56 Å². The standard InChI is InChI=1S/C49H51NO14/c1-26-32-24-49(59)42(63-44(57)30-18-10-7-11-19-30)40-47(5,41(55)39(61-27(2)51)36(26)46(49,3)4)33(52)23-34-48(40,25-60-34)64-35(53)22-14-20-28-15-12-13-21-31(28)37(38(54)45(58)62-32)50-43(56)29-16-8-6-9-17-29/h6-21,32-34,37-40,42,52,54,59H,22-25H2,1-5H3,(H,50,56). The summed E-state index contributed by atoms with van der Waals surface area (Å²) in [5.41, 5.74) is -6.78. The third kappa shape index (κ3) is 7.14. The Kier molecular flexibility index (Phi) is 11.5. The quantitative estimate of drug-likeness (QED) is 0.161. The van der Waals surface area contributed by atoms with Gasteiger partial charge in [0.1, 0.15) is 23.9 Å². The number of amides is 1. The van der Waals surface area contributed by atoms with E-state index in [4.69, 9.17) is 23.7 Å². The number of carbonyl (C=O) groups excluding carboxylic acids is 6. The lowest BCUT2D eigenvalue weighted by molar-refractivity contribution is -0.346. The molecule has 3 fully saturated rings. The summed E-state index contributed by atoms with van der Waals surface area (Å²) in [6.45, 7) is 6.85. The number of fused-ring (bicyclic) bond motifs is 3. The summed E-state index contributed by atoms with van der Waals surface area (Å²) in [7, 11) is 0. The highest BCUT2D eigenvalue weighted by molar-refractivity contribution is 5.96. The molecule has 0 aromatic heterocycles. The molecule has 15 heteroatoms. The zero-order valence-corrected chi connectivity index (χ0v) is 36.0. The highest BCUT2D eigenvalue weighted by Gasteiger charge is 2.78. The lowest BCUT2D eigenvalue weighted by atomic mass is 9.44. The van der Waals surface area contributed by atoms with Crippen LogP contribution in [0.5, 0.6) is 0 Å². The number of aliphatic hydroxyl groups is 3. The molecule has 1 amide bonds. The lowest BCUT2D eigenvalue weighted by Crippen LogP contribution is -2.82. The fourth-order valence-electron chi connectivity index (χ4n) is 10.7. The summed E-state index contributed by atoms with van der Waals surface area (Å²) in [5.74, 6) is -6.92. The molecule has 0 radical (unpaired) electrons. The molecule has 15 nitrogen and oxygen atoms in total. The zero-order valence-electron chi connectivity index (χ0n) is 36.0. The molecule has 3 aliphatic carbocycles. The third-order valence-corrected chi connectivity index (χ3v) is 14.2. The van der Waals surface area contributed by atoms with Crippen LogP contribution in [-0.4, -0.2) is 105 Å². The number of carbonyl (C=O) groups is 6. The van der Waals surface area contributed by atoms with Gasteiger partial charge >= 0.3 is 23.9 Å². The van der Waals surface area contributed by atoms with Crippen LogP contribution in [-0.2, 0) is 42.9 Å². The number of hydrogen-bond donors (Lipinski definition) is 4. The van der Waals surface area contributed by atoms with E-state index in [0.717, 1.165) is 6.92 Å². The van der Waals surface area contributed by atoms with Crippen LogP contribution in [0.3, 0.4) is 0 Å². The predicted octanol–water partition coefficient (Wildman–Crippen LogP) is 4.13. The van der Waals surface area contributed by atoms with Crippen molar-refractivity contribution in [3.8, 4) is 0 Å². The van der Waals surface area contributed by atoms with Gasteiger partial charge in [-0.25, -0.2) is 9.59 Å². The monoisotopic (exact) mass is 877 g/mol. The molecule has 1 saturated heterocycles. The fourth-order valence-corrected chi connectivity index (χ4v) is 10.7. The van der Waals surface area contributed by atoms with Gasteiger partial charge in [0.25, 0.3) is 5.91 Å². The van der Waals surface area contributed by atoms with Crippen molar-refractivity contribution in [2.45, 2.75) is 108 Å². The Morgan fingerprint density at radius 3 is 2.14 bits per heavy atom. The fraction of sp³-hybridized carbons (Fsp3) is 0.429. The Balaban J connectivity index is 1.37. The number of ketones is 1. The lowest BCUT2D eigenvalue weighted by Gasteiger charge is -2.67. The normalized spacial score (nSPS) is 34.3. The van der Waals surface area contributed by atoms with E-state index in [1.54, 1.807) is 92.7 Å². The van der Waals surface area contributed by atoms with E-state index in [1.807, 2.05) is 0 Å². The molecule has 11 atom stereocenters. The van der Waals surface area contributed by atoms with E-state index in [2.05, 4.69) is 5.32 Å². The van der Waals surface area contributed by atoms with Gasteiger partial charge in [-0.05, 0) is 60.4 Å². The second-order valence-electron chi connectivity index (χ2n) is 18.1. The first-order chi connectivity index (χ1) is 30.3. The number of esters is 4. The van der Waals surface area contributed by atoms with Gasteiger partial charge in [0.2, 0.25) is 0 Å². The maximum Gasteiger partial charge on any atom is 0.338 e. The number of hydrogen-bond acceptors (Lipinski definition) is 14. The summed E-state index contributed by atoms with van der Waals surface area (Å²) in [5, 5.41) is 40.8. The molecule has 3 aromatic carbocycles. The minimum atomic E-state index is -2.40. The molecule has 5 aliphatic rings. The van der Waals surface area contributed by atoms with Crippen molar-refractivity contribution in [3.05, 3.63) is 124 Å². The van der Waals surface area contributed by atoms with E-state index in [9.17, 15) is 39.3 Å². The predicted molar refractivity (Wildman–Crippen MR) is 226 cm³/mol. The van der Waals surface area contributed by atoms with Crippen LogP contribution in [0.15, 0.2) is 102 Å². The smallest absolute Gasteiger partial charge is 0.338 e. The molecular formula is C49H51NO14. The maximum atomic E-state index is 15.6. The van der Waals surface area contributed by atoms with E-state index in [-0.39, 0.29) is 47.3 Å². The number of rotatable bonds is 5. The average Bonchev–Trinajstić information content (AvgIpc) is 3.26. The first-order valence-corrected chi connectivity index (χ1v) is 21.3. The molecule has 11 unspecified atom stereocenters. The van der Waals surface area contributed by atoms with Crippen LogP contribution in [0.25, 0.3) is 6.08 Å². The molecule has 2 saturated carbocycles. The van der Waals surface area contributed by atoms with E-state index < -0.39 is 113 Å². The minimum Gasteiger partial charge on any atom is -0.456 e. The second kappa shape index (κ2) is 16.5. The highest BCUT2D eigenvalue weighted by atomic mass is 16.6. The Morgan fingerprint density at radius 1 is 0.859 bits per heavy atom. The van der Waals surface area contributed by atoms with Crippen molar-refractivity contribution in [1.82, 2.24) is 5.32 Å². The zero-order chi connectivity index (χ0) is 45.9. The summed E-state index contributed by atoms with van der Waals surface area (Å²) in [6, 6.07) is 21.2. The molecule has 8 rings (SSSR count). The minimum absolute atomic E-state index is 0.000736. The van der Waals surface area contributed by atoms with Crippen molar-refractivity contribution in [3.63, 3.8) is 0 Å². The van der Waals surface area contributed by atoms with Crippen molar-refractivity contribution >= 4 is 41.6 Å². The number of ether oxygens (including phenoxy) is 5. The molecular weight excluding hydrogens is 827 g/mol. The molecule has 1 spiro atoms. The van der Waals surface area contributed by atoms with Gasteiger partial charge in [-0.1, -0.05) is 86.7 Å². The van der Waals surface area contributed by atoms with Gasteiger partial charge < -0.3 is 44.3 Å². The first kappa shape index (κ1) is 44.6. The van der Waals surface area contributed by atoms with Crippen LogP contribution in [0.2, 0.25) is 0 Å². The average molecular weight is 878 g/mol. The molecule has 3 aromatic rings. The number of aliphatic hydroxyl groups excluding tert-OH is 2. The summed E-state index contributed by atoms with van der Waals surface area (Å²) in [6.07, 6.45) is -7.98. The van der Waals surface area contributed by atoms with Crippen molar-refractivity contribution < 1.29 is 67.8 Å². The topological polar surface area (TPSA) is 221 Å². The van der Waals surface area contributed by atoms with E-state index >= 15 is 4.79 Å². The SMILES string of the molecule is CC(=O)OC1C(=O)C2(C)C(O)CC3OCC34OC(=O)CC=Cc3ccccc3C(NC(=O)c3ccccc3)C(O)C(=O)OC3CC(O)(C(OC(=O)c5ccccc5)C42)C(C)(C)C1=C3C. The van der Waals surface area contributed by atoms with Crippen molar-refractivity contribution in [1.29, 1.82) is 0 Å². The number of nitrogens with one attached hydrogen (secondary N) is 1. The number of benzene rings is 3. The Hall–Kier alpha value is -6.00. The molecule has 4 N–H and O–H groups in total. The van der Waals surface area contributed by atoms with Gasteiger partial charge in [-0.3, -0.25) is 19.2 Å². The van der Waals surface area contributed by atoms with Crippen LogP contribution < -0.4 is 5.32 Å². The highest BCUT2D eigenvalue weighted by Crippen LogP contribution is 2.64. The molecule has 64 heavy (non-hydrogen) atoms. The molecule has 2 heterocycles. The van der Waals surface area contributed by atoms with Crippen molar-refractivity contribution in [2.24, 2.45) is 16.7 Å². The van der Waals surface area contributed by atoms with Gasteiger partial charge in [-0.15, -0.1) is 0 Å². The Labute approximate surface area is 369 Å².